The fourth-order valence-electron chi connectivity index (χ4n) is 3.26. The summed E-state index contributed by atoms with van der Waals surface area (Å²) in [6.07, 6.45) is 3.89. The molecule has 5 heteroatoms. The first-order valence-electron chi connectivity index (χ1n) is 7.24. The summed E-state index contributed by atoms with van der Waals surface area (Å²) in [5, 5.41) is 0. The lowest BCUT2D eigenvalue weighted by Gasteiger charge is -2.50. The average molecular weight is 316 g/mol. The molecule has 20 heavy (non-hydrogen) atoms. The molecule has 0 radical (unpaired) electrons. The Kier molecular flexibility index (Phi) is 5.14. The lowest BCUT2D eigenvalue weighted by molar-refractivity contribution is 0.0135. The first-order valence-corrected chi connectivity index (χ1v) is 8.44. The second-order valence-electron chi connectivity index (χ2n) is 6.33. The van der Waals surface area contributed by atoms with Crippen molar-refractivity contribution in [3.8, 4) is 0 Å². The number of halogens is 1. The Morgan fingerprint density at radius 1 is 1.35 bits per heavy atom. The van der Waals surface area contributed by atoms with Gasteiger partial charge >= 0.3 is 0 Å². The Bertz CT molecular complexity index is 440. The first-order chi connectivity index (χ1) is 9.35. The lowest BCUT2D eigenvalue weighted by Crippen LogP contribution is -2.57. The van der Waals surface area contributed by atoms with E-state index in [2.05, 4.69) is 43.9 Å². The quantitative estimate of drug-likeness (QED) is 0.875. The van der Waals surface area contributed by atoms with Crippen LogP contribution in [0.25, 0.3) is 0 Å². The second-order valence-corrected chi connectivity index (χ2v) is 8.08. The fraction of sp³-hybridized carbons (Fsp3) is 0.733. The van der Waals surface area contributed by atoms with Gasteiger partial charge in [-0.2, -0.15) is 0 Å². The van der Waals surface area contributed by atoms with E-state index in [1.54, 1.807) is 11.3 Å². The molecular formula is C15H26ClN3S. The molecule has 2 unspecified atom stereocenters. The third-order valence-electron chi connectivity index (χ3n) is 4.64. The molecule has 0 aromatic carbocycles. The van der Waals surface area contributed by atoms with Gasteiger partial charge in [0, 0.05) is 23.0 Å². The molecule has 0 bridgehead atoms. The fourth-order valence-corrected chi connectivity index (χ4v) is 4.60. The molecule has 2 atom stereocenters. The number of nitrogens with zero attached hydrogens (tertiary/aromatic N) is 2. The number of hydrogen-bond donors (Lipinski definition) is 1. The molecular weight excluding hydrogens is 290 g/mol. The molecule has 0 amide bonds. The van der Waals surface area contributed by atoms with Crippen molar-refractivity contribution in [2.75, 3.05) is 27.7 Å². The Morgan fingerprint density at radius 2 is 2.00 bits per heavy atom. The highest BCUT2D eigenvalue weighted by molar-refractivity contribution is 7.16. The number of rotatable bonds is 6. The van der Waals surface area contributed by atoms with E-state index < -0.39 is 0 Å². The van der Waals surface area contributed by atoms with Crippen molar-refractivity contribution in [2.24, 2.45) is 5.73 Å². The van der Waals surface area contributed by atoms with Gasteiger partial charge in [0.15, 0.2) is 0 Å². The van der Waals surface area contributed by atoms with E-state index in [-0.39, 0.29) is 12.1 Å². The zero-order valence-electron chi connectivity index (χ0n) is 12.9. The zero-order chi connectivity index (χ0) is 14.9. The van der Waals surface area contributed by atoms with E-state index in [9.17, 15) is 0 Å². The topological polar surface area (TPSA) is 32.5 Å². The predicted octanol–water partition coefficient (Wildman–Crippen LogP) is 3.21. The summed E-state index contributed by atoms with van der Waals surface area (Å²) < 4.78 is 0.838. The van der Waals surface area contributed by atoms with E-state index in [0.717, 1.165) is 10.9 Å². The Morgan fingerprint density at radius 3 is 2.35 bits per heavy atom. The van der Waals surface area contributed by atoms with Crippen LogP contribution in [0.2, 0.25) is 4.34 Å². The molecule has 1 aliphatic carbocycles. The molecule has 1 aliphatic rings. The van der Waals surface area contributed by atoms with Gasteiger partial charge in [0.05, 0.1) is 10.4 Å². The van der Waals surface area contributed by atoms with Crippen molar-refractivity contribution >= 4 is 22.9 Å². The molecule has 0 saturated heterocycles. The molecule has 1 fully saturated rings. The van der Waals surface area contributed by atoms with Crippen molar-refractivity contribution in [1.82, 2.24) is 9.80 Å². The van der Waals surface area contributed by atoms with E-state index in [1.165, 1.54) is 24.1 Å². The van der Waals surface area contributed by atoms with Crippen molar-refractivity contribution in [3.05, 3.63) is 21.3 Å². The van der Waals surface area contributed by atoms with Crippen LogP contribution < -0.4 is 5.73 Å². The van der Waals surface area contributed by atoms with Crippen LogP contribution in [0.4, 0.5) is 0 Å². The van der Waals surface area contributed by atoms with Gasteiger partial charge in [-0.15, -0.1) is 11.3 Å². The largest absolute Gasteiger partial charge is 0.326 e. The SMILES string of the molecule is CC(N)C(c1ccc(Cl)s1)N(C)CC1(N(C)C)CCC1. The molecule has 0 spiro atoms. The minimum Gasteiger partial charge on any atom is -0.326 e. The Balaban J connectivity index is 2.13. The summed E-state index contributed by atoms with van der Waals surface area (Å²) in [5.74, 6) is 0. The molecule has 1 aromatic heterocycles. The van der Waals surface area contributed by atoms with E-state index in [0.29, 0.717) is 5.54 Å². The normalized spacial score (nSPS) is 21.0. The predicted molar refractivity (Wildman–Crippen MR) is 88.6 cm³/mol. The smallest absolute Gasteiger partial charge is 0.0931 e. The van der Waals surface area contributed by atoms with Gasteiger partial charge in [-0.3, -0.25) is 4.90 Å². The van der Waals surface area contributed by atoms with Gasteiger partial charge in [-0.25, -0.2) is 0 Å². The van der Waals surface area contributed by atoms with Crippen LogP contribution in [0.15, 0.2) is 12.1 Å². The van der Waals surface area contributed by atoms with E-state index >= 15 is 0 Å². The summed E-state index contributed by atoms with van der Waals surface area (Å²) in [4.78, 5) is 6.05. The van der Waals surface area contributed by atoms with Crippen LogP contribution in [0, 0.1) is 0 Å². The molecule has 2 N–H and O–H groups in total. The van der Waals surface area contributed by atoms with Crippen LogP contribution in [0.1, 0.15) is 37.1 Å². The third-order valence-corrected chi connectivity index (χ3v) is 5.94. The molecule has 1 saturated carbocycles. The lowest BCUT2D eigenvalue weighted by atomic mass is 9.75. The zero-order valence-corrected chi connectivity index (χ0v) is 14.5. The summed E-state index contributed by atoms with van der Waals surface area (Å²) in [5.41, 5.74) is 6.56. The van der Waals surface area contributed by atoms with Crippen LogP contribution in [0.5, 0.6) is 0 Å². The minimum atomic E-state index is 0.0917. The number of thiophene rings is 1. The van der Waals surface area contributed by atoms with Crippen LogP contribution in [-0.2, 0) is 0 Å². The monoisotopic (exact) mass is 315 g/mol. The second kappa shape index (κ2) is 6.32. The van der Waals surface area contributed by atoms with E-state index in [4.69, 9.17) is 17.3 Å². The molecule has 114 valence electrons. The van der Waals surface area contributed by atoms with Crippen molar-refractivity contribution in [2.45, 2.75) is 43.8 Å². The molecule has 3 nitrogen and oxygen atoms in total. The maximum absolute atomic E-state index is 6.24. The third kappa shape index (κ3) is 3.20. The highest BCUT2D eigenvalue weighted by atomic mass is 35.5. The van der Waals surface area contributed by atoms with Gasteiger partial charge in [0.25, 0.3) is 0 Å². The maximum Gasteiger partial charge on any atom is 0.0931 e. The summed E-state index contributed by atoms with van der Waals surface area (Å²) in [6.45, 7) is 3.14. The summed E-state index contributed by atoms with van der Waals surface area (Å²) in [6, 6.07) is 4.41. The van der Waals surface area contributed by atoms with Crippen LogP contribution in [0.3, 0.4) is 0 Å². The van der Waals surface area contributed by atoms with Crippen molar-refractivity contribution < 1.29 is 0 Å². The minimum absolute atomic E-state index is 0.0917. The maximum atomic E-state index is 6.24. The van der Waals surface area contributed by atoms with Gasteiger partial charge < -0.3 is 10.6 Å². The summed E-state index contributed by atoms with van der Waals surface area (Å²) in [7, 11) is 6.57. The molecule has 1 heterocycles. The van der Waals surface area contributed by atoms with Gasteiger partial charge in [-0.1, -0.05) is 11.6 Å². The van der Waals surface area contributed by atoms with Crippen LogP contribution in [-0.4, -0.2) is 49.1 Å². The molecule has 0 aliphatic heterocycles. The molecule has 2 rings (SSSR count). The first kappa shape index (κ1) is 16.2. The van der Waals surface area contributed by atoms with Gasteiger partial charge in [0.1, 0.15) is 0 Å². The number of likely N-dealkylation sites (N-methyl/N-ethyl adjacent to an activating group) is 2. The van der Waals surface area contributed by atoms with Crippen molar-refractivity contribution in [3.63, 3.8) is 0 Å². The number of hydrogen-bond acceptors (Lipinski definition) is 4. The van der Waals surface area contributed by atoms with Gasteiger partial charge in [0.2, 0.25) is 0 Å². The Labute approximate surface area is 131 Å². The van der Waals surface area contributed by atoms with Crippen LogP contribution >= 0.6 is 22.9 Å². The highest BCUT2D eigenvalue weighted by Crippen LogP contribution is 2.39. The summed E-state index contributed by atoms with van der Waals surface area (Å²) >= 11 is 7.73. The average Bonchev–Trinajstić information content (AvgIpc) is 2.69. The number of nitrogens with two attached hydrogens (primary N) is 1. The Hall–Kier alpha value is -0.130. The molecule has 1 aromatic rings. The highest BCUT2D eigenvalue weighted by Gasteiger charge is 2.41. The van der Waals surface area contributed by atoms with Crippen molar-refractivity contribution in [1.29, 1.82) is 0 Å². The van der Waals surface area contributed by atoms with Gasteiger partial charge in [-0.05, 0) is 59.5 Å². The van der Waals surface area contributed by atoms with E-state index in [1.807, 2.05) is 6.07 Å². The standard InChI is InChI=1S/C15H26ClN3S/c1-11(17)14(12-6-7-13(16)20-12)19(4)10-15(18(2)3)8-5-9-15/h6-7,11,14H,5,8-10,17H2,1-4H3.